The first-order valence-corrected chi connectivity index (χ1v) is 4.37. The van der Waals surface area contributed by atoms with Gasteiger partial charge in [0.1, 0.15) is 6.17 Å². The smallest absolute Gasteiger partial charge is 0.106 e. The first-order valence-electron chi connectivity index (χ1n) is 4.37. The molecule has 72 valence electrons. The van der Waals surface area contributed by atoms with Gasteiger partial charge in [-0.2, -0.15) is 0 Å². The summed E-state index contributed by atoms with van der Waals surface area (Å²) in [5.74, 6) is -0.459. The summed E-state index contributed by atoms with van der Waals surface area (Å²) in [6, 6.07) is 0. The molecule has 3 nitrogen and oxygen atoms in total. The summed E-state index contributed by atoms with van der Waals surface area (Å²) < 4.78 is 13.1. The predicted octanol–water partition coefficient (Wildman–Crippen LogP) is -0.324. The second kappa shape index (κ2) is 4.16. The Hall–Kier alpha value is -0.190. The van der Waals surface area contributed by atoms with Gasteiger partial charge in [0.2, 0.25) is 0 Å². The van der Waals surface area contributed by atoms with E-state index in [9.17, 15) is 14.6 Å². The molecular formula is C8H16FNO2. The fourth-order valence-electron chi connectivity index (χ4n) is 1.57. The molecule has 0 aromatic rings. The summed E-state index contributed by atoms with van der Waals surface area (Å²) in [6.07, 6.45) is -2.38. The number of aliphatic hydroxyl groups excluding tert-OH is 2. The summed E-state index contributed by atoms with van der Waals surface area (Å²) in [7, 11) is 0. The lowest BCUT2D eigenvalue weighted by molar-refractivity contribution is -0.0576. The molecule has 0 aromatic heterocycles. The van der Waals surface area contributed by atoms with Crippen LogP contribution in [-0.2, 0) is 0 Å². The first-order chi connectivity index (χ1) is 5.66. The summed E-state index contributed by atoms with van der Waals surface area (Å²) in [4.78, 5) is 0. The highest BCUT2D eigenvalue weighted by Crippen LogP contribution is 2.20. The SMILES string of the molecule is CC[C@@H](F)[C@H]1CNC[C@@H](O)[C@@H]1O. The highest BCUT2D eigenvalue weighted by Gasteiger charge is 2.34. The Kier molecular flexibility index (Phi) is 3.43. The van der Waals surface area contributed by atoms with E-state index in [1.807, 2.05) is 0 Å². The van der Waals surface area contributed by atoms with Gasteiger partial charge in [-0.1, -0.05) is 6.92 Å². The lowest BCUT2D eigenvalue weighted by atomic mass is 9.89. The normalized spacial score (nSPS) is 39.5. The fourth-order valence-corrected chi connectivity index (χ4v) is 1.57. The molecule has 4 heteroatoms. The van der Waals surface area contributed by atoms with E-state index in [-0.39, 0.29) is 0 Å². The Labute approximate surface area is 71.6 Å². The minimum absolute atomic E-state index is 0.355. The third kappa shape index (κ3) is 1.94. The maximum absolute atomic E-state index is 13.1. The van der Waals surface area contributed by atoms with Gasteiger partial charge in [0.05, 0.1) is 12.2 Å². The van der Waals surface area contributed by atoms with Gasteiger partial charge in [0.15, 0.2) is 0 Å². The summed E-state index contributed by atoms with van der Waals surface area (Å²) >= 11 is 0. The number of hydrogen-bond donors (Lipinski definition) is 3. The average Bonchev–Trinajstić information content (AvgIpc) is 2.08. The molecule has 1 aliphatic heterocycles. The van der Waals surface area contributed by atoms with Crippen molar-refractivity contribution in [2.24, 2.45) is 5.92 Å². The van der Waals surface area contributed by atoms with Gasteiger partial charge in [0, 0.05) is 19.0 Å². The second-order valence-electron chi connectivity index (χ2n) is 3.30. The molecule has 1 heterocycles. The number of β-amino-alcohol motifs (C(OH)–C–C–N with tert-alkyl or cyclic N) is 1. The van der Waals surface area contributed by atoms with Gasteiger partial charge in [-0.25, -0.2) is 4.39 Å². The Morgan fingerprint density at radius 1 is 1.50 bits per heavy atom. The number of nitrogens with one attached hydrogen (secondary N) is 1. The molecule has 0 spiro atoms. The molecule has 1 aliphatic rings. The monoisotopic (exact) mass is 177 g/mol. The number of aliphatic hydroxyl groups is 2. The van der Waals surface area contributed by atoms with Gasteiger partial charge in [-0.15, -0.1) is 0 Å². The number of rotatable bonds is 2. The maximum Gasteiger partial charge on any atom is 0.106 e. The van der Waals surface area contributed by atoms with Crippen LogP contribution in [-0.4, -0.2) is 41.7 Å². The zero-order valence-corrected chi connectivity index (χ0v) is 7.20. The third-order valence-electron chi connectivity index (χ3n) is 2.42. The zero-order chi connectivity index (χ0) is 9.14. The Balaban J connectivity index is 2.51. The minimum atomic E-state index is -1.03. The van der Waals surface area contributed by atoms with E-state index in [2.05, 4.69) is 5.32 Å². The number of piperidine rings is 1. The molecule has 4 atom stereocenters. The van der Waals surface area contributed by atoms with Gasteiger partial charge >= 0.3 is 0 Å². The molecule has 3 N–H and O–H groups in total. The van der Waals surface area contributed by atoms with Crippen LogP contribution in [0.4, 0.5) is 4.39 Å². The third-order valence-corrected chi connectivity index (χ3v) is 2.42. The van der Waals surface area contributed by atoms with Crippen LogP contribution in [0.5, 0.6) is 0 Å². The van der Waals surface area contributed by atoms with Crippen molar-refractivity contribution in [3.8, 4) is 0 Å². The largest absolute Gasteiger partial charge is 0.390 e. The average molecular weight is 177 g/mol. The Bertz CT molecular complexity index is 145. The summed E-state index contributed by atoms with van der Waals surface area (Å²) in [5.41, 5.74) is 0. The van der Waals surface area contributed by atoms with Crippen LogP contribution in [0, 0.1) is 5.92 Å². The molecular weight excluding hydrogens is 161 g/mol. The predicted molar refractivity (Wildman–Crippen MR) is 43.6 cm³/mol. The Morgan fingerprint density at radius 2 is 2.17 bits per heavy atom. The molecule has 1 saturated heterocycles. The van der Waals surface area contributed by atoms with Crippen molar-refractivity contribution >= 4 is 0 Å². The standard InChI is InChI=1S/C8H16FNO2/c1-2-6(9)5-3-10-4-7(11)8(5)12/h5-8,10-12H,2-4H2,1H3/t5-,6-,7-,8-/m1/s1. The second-order valence-corrected chi connectivity index (χ2v) is 3.30. The number of alkyl halides is 1. The molecule has 0 amide bonds. The van der Waals surface area contributed by atoms with E-state index in [0.717, 1.165) is 0 Å². The summed E-state index contributed by atoms with van der Waals surface area (Å²) in [6.45, 7) is 2.54. The van der Waals surface area contributed by atoms with Crippen molar-refractivity contribution in [1.29, 1.82) is 0 Å². The Morgan fingerprint density at radius 3 is 2.75 bits per heavy atom. The van der Waals surface area contributed by atoms with Gasteiger partial charge in [0.25, 0.3) is 0 Å². The molecule has 0 unspecified atom stereocenters. The maximum atomic E-state index is 13.1. The zero-order valence-electron chi connectivity index (χ0n) is 7.20. The van der Waals surface area contributed by atoms with Crippen LogP contribution in [0.3, 0.4) is 0 Å². The molecule has 1 fully saturated rings. The van der Waals surface area contributed by atoms with Crippen LogP contribution < -0.4 is 5.32 Å². The van der Waals surface area contributed by atoms with E-state index in [0.29, 0.717) is 19.5 Å². The lowest BCUT2D eigenvalue weighted by Crippen LogP contribution is -2.53. The van der Waals surface area contributed by atoms with E-state index in [1.54, 1.807) is 6.92 Å². The van der Waals surface area contributed by atoms with Crippen molar-refractivity contribution < 1.29 is 14.6 Å². The fraction of sp³-hybridized carbons (Fsp3) is 1.00. The van der Waals surface area contributed by atoms with Crippen LogP contribution in [0.1, 0.15) is 13.3 Å². The van der Waals surface area contributed by atoms with Crippen molar-refractivity contribution in [3.63, 3.8) is 0 Å². The topological polar surface area (TPSA) is 52.5 Å². The van der Waals surface area contributed by atoms with Crippen LogP contribution in [0.2, 0.25) is 0 Å². The van der Waals surface area contributed by atoms with Gasteiger partial charge < -0.3 is 15.5 Å². The van der Waals surface area contributed by atoms with Crippen molar-refractivity contribution in [3.05, 3.63) is 0 Å². The quantitative estimate of drug-likeness (QED) is 0.541. The van der Waals surface area contributed by atoms with Crippen molar-refractivity contribution in [2.75, 3.05) is 13.1 Å². The molecule has 0 saturated carbocycles. The molecule has 0 radical (unpaired) electrons. The minimum Gasteiger partial charge on any atom is -0.390 e. The van der Waals surface area contributed by atoms with Crippen LogP contribution in [0.15, 0.2) is 0 Å². The molecule has 0 aromatic carbocycles. The van der Waals surface area contributed by atoms with Gasteiger partial charge in [-0.05, 0) is 6.42 Å². The van der Waals surface area contributed by atoms with Crippen molar-refractivity contribution in [2.45, 2.75) is 31.7 Å². The van der Waals surface area contributed by atoms with E-state index < -0.39 is 24.3 Å². The highest BCUT2D eigenvalue weighted by atomic mass is 19.1. The highest BCUT2D eigenvalue weighted by molar-refractivity contribution is 4.87. The first kappa shape index (κ1) is 9.89. The van der Waals surface area contributed by atoms with Gasteiger partial charge in [-0.3, -0.25) is 0 Å². The molecule has 1 rings (SSSR count). The van der Waals surface area contributed by atoms with E-state index in [1.165, 1.54) is 0 Å². The summed E-state index contributed by atoms with van der Waals surface area (Å²) in [5, 5.41) is 21.5. The van der Waals surface area contributed by atoms with Crippen LogP contribution in [0.25, 0.3) is 0 Å². The van der Waals surface area contributed by atoms with Crippen LogP contribution >= 0.6 is 0 Å². The number of hydrogen-bond acceptors (Lipinski definition) is 3. The molecule has 12 heavy (non-hydrogen) atoms. The lowest BCUT2D eigenvalue weighted by Gasteiger charge is -2.34. The van der Waals surface area contributed by atoms with E-state index >= 15 is 0 Å². The molecule has 0 bridgehead atoms. The van der Waals surface area contributed by atoms with E-state index in [4.69, 9.17) is 0 Å². The van der Waals surface area contributed by atoms with Crippen molar-refractivity contribution in [1.82, 2.24) is 5.32 Å². The molecule has 0 aliphatic carbocycles. The number of halogens is 1.